The van der Waals surface area contributed by atoms with Gasteiger partial charge in [-0.25, -0.2) is 24.0 Å². The van der Waals surface area contributed by atoms with E-state index in [1.165, 1.54) is 30.4 Å². The van der Waals surface area contributed by atoms with Crippen molar-refractivity contribution in [1.29, 1.82) is 0 Å². The molecule has 0 saturated heterocycles. The highest BCUT2D eigenvalue weighted by atomic mass is 16.6. The first kappa shape index (κ1) is 70.5. The van der Waals surface area contributed by atoms with E-state index in [9.17, 15) is 64.8 Å². The Kier molecular flexibility index (Phi) is 40.0. The van der Waals surface area contributed by atoms with E-state index < -0.39 is 169 Å². The highest BCUT2D eigenvalue weighted by Crippen LogP contribution is 2.26. The molecule has 5 unspecified atom stereocenters. The van der Waals surface area contributed by atoms with Crippen LogP contribution in [0.4, 0.5) is 0 Å². The number of esters is 5. The largest absolute Gasteiger partial charge is 0.460 e. The molecule has 0 aromatic heterocycles. The number of hydrogen-bond acceptors (Lipinski definition) is 25. The van der Waals surface area contributed by atoms with Crippen molar-refractivity contribution in [3.8, 4) is 0 Å². The normalized spacial score (nSPS) is 16.6. The Labute approximate surface area is 438 Å². The summed E-state index contributed by atoms with van der Waals surface area (Å²) in [5.41, 5.74) is -4.43. The van der Waals surface area contributed by atoms with Crippen LogP contribution in [0, 0.1) is 16.2 Å². The third kappa shape index (κ3) is 34.7. The Balaban J connectivity index is 6.63. The van der Waals surface area contributed by atoms with Crippen LogP contribution in [0.1, 0.15) is 34.6 Å². The maximum Gasteiger partial charge on any atom is 0.330 e. The Morgan fingerprint density at radius 1 is 0.307 bits per heavy atom. The molecule has 75 heavy (non-hydrogen) atoms. The Morgan fingerprint density at radius 2 is 0.467 bits per heavy atom. The molecule has 0 aliphatic rings. The summed E-state index contributed by atoms with van der Waals surface area (Å²) in [4.78, 5) is 58.9. The van der Waals surface area contributed by atoms with Crippen LogP contribution in [-0.2, 0) is 80.8 Å². The van der Waals surface area contributed by atoms with Crippen molar-refractivity contribution < 1.29 is 122 Å². The van der Waals surface area contributed by atoms with Gasteiger partial charge in [-0.1, -0.05) is 30.4 Å². The molecule has 0 bridgehead atoms. The number of aliphatic hydroxyl groups is 8. The van der Waals surface area contributed by atoms with Gasteiger partial charge in [0.2, 0.25) is 0 Å². The van der Waals surface area contributed by atoms with Gasteiger partial charge in [-0.2, -0.15) is 0 Å². The zero-order chi connectivity index (χ0) is 56.4. The summed E-state index contributed by atoms with van der Waals surface area (Å²) in [6, 6.07) is 0. The minimum atomic E-state index is -1.52. The second kappa shape index (κ2) is 42.5. The molecule has 0 radical (unpaired) electrons. The van der Waals surface area contributed by atoms with Crippen LogP contribution in [0.3, 0.4) is 0 Å². The van der Waals surface area contributed by atoms with Crippen molar-refractivity contribution in [2.75, 3.05) is 145 Å². The predicted molar refractivity (Wildman–Crippen MR) is 263 cm³/mol. The maximum atomic E-state index is 11.8. The molecule has 432 valence electrons. The first-order chi connectivity index (χ1) is 35.8. The van der Waals surface area contributed by atoms with Gasteiger partial charge in [-0.3, -0.25) is 0 Å². The van der Waals surface area contributed by atoms with Gasteiger partial charge in [0.05, 0.1) is 129 Å². The minimum absolute atomic E-state index is 0.355. The molecule has 0 aliphatic carbocycles. The highest BCUT2D eigenvalue weighted by Gasteiger charge is 2.38. The van der Waals surface area contributed by atoms with Crippen LogP contribution < -0.4 is 0 Å². The van der Waals surface area contributed by atoms with E-state index >= 15 is 0 Å². The molecule has 0 amide bonds. The fraction of sp³-hybridized carbons (Fsp3) is 0.700. The van der Waals surface area contributed by atoms with Crippen molar-refractivity contribution in [3.63, 3.8) is 0 Å². The second-order valence-corrected chi connectivity index (χ2v) is 17.5. The SMILES string of the molecule is CC=CC(=O)OCC(O)COCC(CO)(COCC(O)COC(=O)C=CC)COCC(CO)(COCC(O)COC(=O)C=CC)COCC(CO)(COCC(O)COC(=O)C=CC)COCC(O)COC(=O)C=CC. The predicted octanol–water partition coefficient (Wildman–Crippen LogP) is -1.56. The van der Waals surface area contributed by atoms with Gasteiger partial charge in [0, 0.05) is 30.4 Å². The highest BCUT2D eigenvalue weighted by molar-refractivity contribution is 5.83. The molecular formula is C50H82O25. The summed E-state index contributed by atoms with van der Waals surface area (Å²) >= 11 is 0. The summed E-state index contributed by atoms with van der Waals surface area (Å²) in [5.74, 6) is -3.50. The standard InChI is InChI=1S/C50H82O25/c1-6-11-43(59)71-21-38(54)16-64-29-48(26-51,30-65-17-39(55)22-72-44(60)12-7-2)34-69-36-50(28-53,33-68-20-42(58)25-75-47(63)15-10-5)37-70-35-49(27-52,31-66-18-40(56)23-73-45(61)13-8-3)32-67-19-41(57)24-74-46(62)14-9-4/h6-15,38-42,51-58H,16-37H2,1-5H3. The molecule has 0 heterocycles. The molecule has 0 spiro atoms. The van der Waals surface area contributed by atoms with E-state index in [0.29, 0.717) is 0 Å². The fourth-order valence-corrected chi connectivity index (χ4v) is 5.86. The number of ether oxygens (including phenoxy) is 12. The van der Waals surface area contributed by atoms with E-state index in [2.05, 4.69) is 0 Å². The molecule has 0 aromatic rings. The summed E-state index contributed by atoms with van der Waals surface area (Å²) in [6.07, 6.45) is 6.55. The third-order valence-corrected chi connectivity index (χ3v) is 9.84. The molecule has 0 saturated carbocycles. The molecule has 0 rings (SSSR count). The van der Waals surface area contributed by atoms with Crippen molar-refractivity contribution in [2.24, 2.45) is 16.2 Å². The molecule has 5 atom stereocenters. The zero-order valence-corrected chi connectivity index (χ0v) is 43.7. The summed E-state index contributed by atoms with van der Waals surface area (Å²) in [6.45, 7) is -1.55. The van der Waals surface area contributed by atoms with Gasteiger partial charge in [-0.15, -0.1) is 0 Å². The molecule has 25 nitrogen and oxygen atoms in total. The number of aliphatic hydroxyl groups excluding tert-OH is 8. The smallest absolute Gasteiger partial charge is 0.330 e. The first-order valence-electron chi connectivity index (χ1n) is 24.1. The van der Waals surface area contributed by atoms with Gasteiger partial charge < -0.3 is 97.7 Å². The van der Waals surface area contributed by atoms with Crippen LogP contribution >= 0.6 is 0 Å². The molecule has 25 heteroatoms. The number of carbonyl (C=O) groups excluding carboxylic acids is 5. The van der Waals surface area contributed by atoms with E-state index in [1.807, 2.05) is 0 Å². The van der Waals surface area contributed by atoms with Gasteiger partial charge in [0.15, 0.2) is 0 Å². The lowest BCUT2D eigenvalue weighted by molar-refractivity contribution is -0.159. The van der Waals surface area contributed by atoms with Gasteiger partial charge >= 0.3 is 29.8 Å². The minimum Gasteiger partial charge on any atom is -0.460 e. The third-order valence-electron chi connectivity index (χ3n) is 9.84. The molecule has 8 N–H and O–H groups in total. The average Bonchev–Trinajstić information content (AvgIpc) is 3.37. The van der Waals surface area contributed by atoms with Crippen molar-refractivity contribution >= 4 is 29.8 Å². The molecular weight excluding hydrogens is 1000 g/mol. The van der Waals surface area contributed by atoms with Crippen LogP contribution in [-0.4, -0.2) is 247 Å². The average molecular weight is 1080 g/mol. The quantitative estimate of drug-likeness (QED) is 0.0194. The lowest BCUT2D eigenvalue weighted by atomic mass is 9.89. The van der Waals surface area contributed by atoms with Crippen molar-refractivity contribution in [2.45, 2.75) is 65.1 Å². The van der Waals surface area contributed by atoms with Gasteiger partial charge in [0.25, 0.3) is 0 Å². The molecule has 0 fully saturated rings. The summed E-state index contributed by atoms with van der Waals surface area (Å²) < 4.78 is 65.9. The van der Waals surface area contributed by atoms with E-state index in [4.69, 9.17) is 56.8 Å². The topological polar surface area (TPSA) is 358 Å². The summed E-state index contributed by atoms with van der Waals surface area (Å²) in [5, 5.41) is 84.9. The Morgan fingerprint density at radius 3 is 0.613 bits per heavy atom. The van der Waals surface area contributed by atoms with E-state index in [-0.39, 0.29) is 52.9 Å². The lowest BCUT2D eigenvalue weighted by Crippen LogP contribution is -2.47. The fourth-order valence-electron chi connectivity index (χ4n) is 5.86. The zero-order valence-electron chi connectivity index (χ0n) is 43.7. The van der Waals surface area contributed by atoms with Crippen LogP contribution in [0.25, 0.3) is 0 Å². The summed E-state index contributed by atoms with van der Waals surface area (Å²) in [7, 11) is 0. The monoisotopic (exact) mass is 1080 g/mol. The van der Waals surface area contributed by atoms with Crippen LogP contribution in [0.15, 0.2) is 60.8 Å². The van der Waals surface area contributed by atoms with Crippen LogP contribution in [0.2, 0.25) is 0 Å². The number of rotatable bonds is 46. The van der Waals surface area contributed by atoms with Crippen molar-refractivity contribution in [3.05, 3.63) is 60.8 Å². The second-order valence-electron chi connectivity index (χ2n) is 17.5. The van der Waals surface area contributed by atoms with E-state index in [0.717, 1.165) is 30.4 Å². The molecule has 0 aliphatic heterocycles. The Bertz CT molecular complexity index is 1540. The van der Waals surface area contributed by atoms with Gasteiger partial charge in [0.1, 0.15) is 63.6 Å². The maximum absolute atomic E-state index is 11.8. The van der Waals surface area contributed by atoms with Crippen LogP contribution in [0.5, 0.6) is 0 Å². The lowest BCUT2D eigenvalue weighted by Gasteiger charge is -2.37. The number of allylic oxidation sites excluding steroid dienone is 5. The van der Waals surface area contributed by atoms with Gasteiger partial charge in [-0.05, 0) is 34.6 Å². The van der Waals surface area contributed by atoms with E-state index in [1.54, 1.807) is 34.6 Å². The first-order valence-corrected chi connectivity index (χ1v) is 24.1. The van der Waals surface area contributed by atoms with Crippen molar-refractivity contribution in [1.82, 2.24) is 0 Å². The number of hydrogen-bond donors (Lipinski definition) is 8. The number of carbonyl (C=O) groups is 5. The molecule has 0 aromatic carbocycles. The Hall–Kier alpha value is -4.55.